The number of imidazole rings is 1. The van der Waals surface area contributed by atoms with Crippen molar-refractivity contribution in [1.29, 1.82) is 0 Å². The maximum atomic E-state index is 4.45. The van der Waals surface area contributed by atoms with E-state index in [4.69, 9.17) is 0 Å². The first-order valence-electron chi connectivity index (χ1n) is 7.37. The van der Waals surface area contributed by atoms with E-state index in [0.717, 1.165) is 18.2 Å². The van der Waals surface area contributed by atoms with Crippen LogP contribution in [0.5, 0.6) is 0 Å². The lowest BCUT2D eigenvalue weighted by atomic mass is 10.2. The van der Waals surface area contributed by atoms with Crippen molar-refractivity contribution in [3.8, 4) is 11.3 Å². The van der Waals surface area contributed by atoms with Crippen LogP contribution in [0.25, 0.3) is 17.3 Å². The lowest BCUT2D eigenvalue weighted by molar-refractivity contribution is 0.920. The number of nitrogens with one attached hydrogen (secondary N) is 1. The van der Waals surface area contributed by atoms with Gasteiger partial charge in [-0.05, 0) is 11.1 Å². The van der Waals surface area contributed by atoms with Crippen molar-refractivity contribution >= 4 is 12.0 Å². The smallest absolute Gasteiger partial charge is 0.203 e. The predicted molar refractivity (Wildman–Crippen MR) is 92.6 cm³/mol. The number of hydrogen-bond acceptors (Lipinski definition) is 2. The number of nitrogens with zero attached hydrogens (tertiary/aromatic N) is 2. The zero-order chi connectivity index (χ0) is 15.2. The van der Waals surface area contributed by atoms with Crippen molar-refractivity contribution in [1.82, 2.24) is 9.55 Å². The van der Waals surface area contributed by atoms with E-state index in [0.29, 0.717) is 0 Å². The lowest BCUT2D eigenvalue weighted by Crippen LogP contribution is -2.05. The van der Waals surface area contributed by atoms with Gasteiger partial charge in [0, 0.05) is 13.6 Å². The molecule has 0 aliphatic carbocycles. The normalized spacial score (nSPS) is 11.0. The Morgan fingerprint density at radius 3 is 2.41 bits per heavy atom. The Morgan fingerprint density at radius 1 is 1.00 bits per heavy atom. The molecule has 0 aliphatic heterocycles. The van der Waals surface area contributed by atoms with Gasteiger partial charge in [-0.3, -0.25) is 0 Å². The van der Waals surface area contributed by atoms with Gasteiger partial charge in [-0.1, -0.05) is 72.8 Å². The molecular formula is C19H19N3. The number of rotatable bonds is 5. The van der Waals surface area contributed by atoms with Gasteiger partial charge in [0.2, 0.25) is 5.95 Å². The van der Waals surface area contributed by atoms with E-state index in [1.807, 2.05) is 49.6 Å². The van der Waals surface area contributed by atoms with E-state index in [9.17, 15) is 0 Å². The van der Waals surface area contributed by atoms with Gasteiger partial charge >= 0.3 is 0 Å². The summed E-state index contributed by atoms with van der Waals surface area (Å²) in [6.45, 7) is 0.744. The van der Waals surface area contributed by atoms with Crippen molar-refractivity contribution in [3.05, 3.63) is 78.5 Å². The lowest BCUT2D eigenvalue weighted by Gasteiger charge is -2.06. The molecule has 1 aromatic heterocycles. The van der Waals surface area contributed by atoms with Crippen LogP contribution in [0.4, 0.5) is 5.95 Å². The van der Waals surface area contributed by atoms with Gasteiger partial charge in [-0.15, -0.1) is 0 Å². The molecule has 0 atom stereocenters. The zero-order valence-electron chi connectivity index (χ0n) is 12.6. The summed E-state index contributed by atoms with van der Waals surface area (Å²) in [4.78, 5) is 4.45. The standard InChI is InChI=1S/C19H19N3/c1-22-18(17-12-6-3-7-13-17)15-21-19(22)20-14-8-11-16-9-4-2-5-10-16/h2-13,15H,14H2,1H3,(H,20,21)/b11-8+. The summed E-state index contributed by atoms with van der Waals surface area (Å²) >= 11 is 0. The van der Waals surface area contributed by atoms with Gasteiger partial charge < -0.3 is 9.88 Å². The first kappa shape index (κ1) is 14.1. The molecule has 0 saturated heterocycles. The molecular weight excluding hydrogens is 270 g/mol. The fourth-order valence-corrected chi connectivity index (χ4v) is 2.36. The number of benzene rings is 2. The van der Waals surface area contributed by atoms with Crippen LogP contribution in [0, 0.1) is 0 Å². The number of hydrogen-bond donors (Lipinski definition) is 1. The number of anilines is 1. The van der Waals surface area contributed by atoms with Crippen LogP contribution in [-0.2, 0) is 7.05 Å². The number of aromatic nitrogens is 2. The minimum atomic E-state index is 0.744. The molecule has 0 spiro atoms. The molecule has 3 aromatic rings. The molecule has 3 rings (SSSR count). The van der Waals surface area contributed by atoms with Crippen molar-refractivity contribution in [2.75, 3.05) is 11.9 Å². The highest BCUT2D eigenvalue weighted by atomic mass is 15.2. The van der Waals surface area contributed by atoms with E-state index in [1.165, 1.54) is 11.1 Å². The first-order chi connectivity index (χ1) is 10.8. The largest absolute Gasteiger partial charge is 0.352 e. The van der Waals surface area contributed by atoms with Crippen molar-refractivity contribution in [3.63, 3.8) is 0 Å². The molecule has 0 amide bonds. The van der Waals surface area contributed by atoms with Crippen LogP contribution >= 0.6 is 0 Å². The second-order valence-corrected chi connectivity index (χ2v) is 5.09. The molecule has 0 aliphatic rings. The molecule has 0 saturated carbocycles. The second-order valence-electron chi connectivity index (χ2n) is 5.09. The predicted octanol–water partition coefficient (Wildman–Crippen LogP) is 4.21. The minimum absolute atomic E-state index is 0.744. The first-order valence-corrected chi connectivity index (χ1v) is 7.37. The average molecular weight is 289 g/mol. The summed E-state index contributed by atoms with van der Waals surface area (Å²) in [6, 6.07) is 20.6. The van der Waals surface area contributed by atoms with Crippen LogP contribution in [0.3, 0.4) is 0 Å². The SMILES string of the molecule is Cn1c(-c2ccccc2)cnc1NC/C=C/c1ccccc1. The van der Waals surface area contributed by atoms with Gasteiger partial charge in [0.15, 0.2) is 0 Å². The Labute approximate surface area is 131 Å². The molecule has 22 heavy (non-hydrogen) atoms. The summed E-state index contributed by atoms with van der Waals surface area (Å²) in [7, 11) is 2.03. The van der Waals surface area contributed by atoms with Crippen molar-refractivity contribution in [2.24, 2.45) is 7.05 Å². The maximum absolute atomic E-state index is 4.45. The Bertz CT molecular complexity index is 743. The molecule has 0 unspecified atom stereocenters. The van der Waals surface area contributed by atoms with Gasteiger partial charge in [-0.2, -0.15) is 0 Å². The minimum Gasteiger partial charge on any atom is -0.352 e. The Balaban J connectivity index is 1.65. The fourth-order valence-electron chi connectivity index (χ4n) is 2.36. The van der Waals surface area contributed by atoms with E-state index in [-0.39, 0.29) is 0 Å². The van der Waals surface area contributed by atoms with Gasteiger partial charge in [0.05, 0.1) is 11.9 Å². The highest BCUT2D eigenvalue weighted by Crippen LogP contribution is 2.21. The van der Waals surface area contributed by atoms with Gasteiger partial charge in [0.25, 0.3) is 0 Å². The van der Waals surface area contributed by atoms with Crippen LogP contribution in [-0.4, -0.2) is 16.1 Å². The molecule has 0 fully saturated rings. The molecule has 0 bridgehead atoms. The summed E-state index contributed by atoms with van der Waals surface area (Å²) in [5, 5.41) is 3.34. The van der Waals surface area contributed by atoms with E-state index < -0.39 is 0 Å². The van der Waals surface area contributed by atoms with E-state index in [2.05, 4.69) is 51.3 Å². The average Bonchev–Trinajstić information content (AvgIpc) is 2.94. The Kier molecular flexibility index (Phi) is 4.35. The Hall–Kier alpha value is -2.81. The van der Waals surface area contributed by atoms with Crippen LogP contribution in [0.2, 0.25) is 0 Å². The second kappa shape index (κ2) is 6.76. The third-order valence-electron chi connectivity index (χ3n) is 3.55. The molecule has 1 N–H and O–H groups in total. The van der Waals surface area contributed by atoms with Crippen LogP contribution in [0.15, 0.2) is 72.9 Å². The highest BCUT2D eigenvalue weighted by Gasteiger charge is 2.06. The molecule has 2 aromatic carbocycles. The van der Waals surface area contributed by atoms with Crippen molar-refractivity contribution in [2.45, 2.75) is 0 Å². The summed E-state index contributed by atoms with van der Waals surface area (Å²) < 4.78 is 2.08. The molecule has 1 heterocycles. The summed E-state index contributed by atoms with van der Waals surface area (Å²) in [5.41, 5.74) is 3.48. The molecule has 3 heteroatoms. The fraction of sp³-hybridized carbons (Fsp3) is 0.105. The monoisotopic (exact) mass is 289 g/mol. The maximum Gasteiger partial charge on any atom is 0.203 e. The van der Waals surface area contributed by atoms with Gasteiger partial charge in [-0.25, -0.2) is 4.98 Å². The summed E-state index contributed by atoms with van der Waals surface area (Å²) in [5.74, 6) is 0.872. The molecule has 3 nitrogen and oxygen atoms in total. The van der Waals surface area contributed by atoms with Crippen molar-refractivity contribution < 1.29 is 0 Å². The topological polar surface area (TPSA) is 29.9 Å². The molecule has 110 valence electrons. The van der Waals surface area contributed by atoms with E-state index in [1.54, 1.807) is 0 Å². The van der Waals surface area contributed by atoms with E-state index >= 15 is 0 Å². The van der Waals surface area contributed by atoms with Crippen LogP contribution < -0.4 is 5.32 Å². The van der Waals surface area contributed by atoms with Crippen LogP contribution in [0.1, 0.15) is 5.56 Å². The quantitative estimate of drug-likeness (QED) is 0.762. The highest BCUT2D eigenvalue weighted by molar-refractivity contribution is 5.61. The van der Waals surface area contributed by atoms with Gasteiger partial charge in [0.1, 0.15) is 0 Å². The summed E-state index contributed by atoms with van der Waals surface area (Å²) in [6.07, 6.45) is 6.11. The third-order valence-corrected chi connectivity index (χ3v) is 3.55. The zero-order valence-corrected chi connectivity index (χ0v) is 12.6. The Morgan fingerprint density at radius 2 is 1.68 bits per heavy atom. The third kappa shape index (κ3) is 3.26. The molecule has 0 radical (unpaired) electrons.